The molecule has 1 aromatic heterocycles. The van der Waals surface area contributed by atoms with Crippen LogP contribution < -0.4 is 5.32 Å². The Balaban J connectivity index is 1.72. The van der Waals surface area contributed by atoms with Crippen LogP contribution in [-0.4, -0.2) is 11.9 Å². The lowest BCUT2D eigenvalue weighted by Crippen LogP contribution is -2.41. The zero-order valence-electron chi connectivity index (χ0n) is 13.7. The molecule has 0 radical (unpaired) electrons. The zero-order chi connectivity index (χ0) is 15.7. The van der Waals surface area contributed by atoms with Gasteiger partial charge in [0.25, 0.3) is 0 Å². The van der Waals surface area contributed by atoms with E-state index in [4.69, 9.17) is 4.42 Å². The Morgan fingerprint density at radius 2 is 1.95 bits per heavy atom. The fourth-order valence-electron chi connectivity index (χ4n) is 3.43. The third-order valence-electron chi connectivity index (χ3n) is 5.08. The molecular weight excluding hydrogens is 274 g/mol. The number of hydrogen-bond donors (Lipinski definition) is 1. The summed E-state index contributed by atoms with van der Waals surface area (Å²) in [6.07, 6.45) is 6.97. The van der Waals surface area contributed by atoms with E-state index in [1.54, 1.807) is 6.26 Å². The summed E-state index contributed by atoms with van der Waals surface area (Å²) in [6, 6.07) is 4.51. The van der Waals surface area contributed by atoms with Crippen molar-refractivity contribution < 1.29 is 9.21 Å². The van der Waals surface area contributed by atoms with Gasteiger partial charge in [-0.2, -0.15) is 0 Å². The third-order valence-corrected chi connectivity index (χ3v) is 5.08. The highest BCUT2D eigenvalue weighted by Gasteiger charge is 2.23. The first kappa shape index (κ1) is 15.1. The van der Waals surface area contributed by atoms with E-state index in [2.05, 4.69) is 38.2 Å². The lowest BCUT2D eigenvalue weighted by atomic mass is 9.86. The van der Waals surface area contributed by atoms with E-state index >= 15 is 0 Å². The van der Waals surface area contributed by atoms with Crippen LogP contribution in [0, 0.1) is 19.8 Å². The monoisotopic (exact) mass is 299 g/mol. The van der Waals surface area contributed by atoms with E-state index in [0.717, 1.165) is 23.0 Å². The summed E-state index contributed by atoms with van der Waals surface area (Å²) in [5, 5.41) is 4.28. The Hall–Kier alpha value is -1.77. The largest absolute Gasteiger partial charge is 0.464 e. The molecule has 0 spiro atoms. The molecule has 22 heavy (non-hydrogen) atoms. The molecule has 1 aromatic carbocycles. The molecule has 0 unspecified atom stereocenters. The molecule has 2 atom stereocenters. The summed E-state index contributed by atoms with van der Waals surface area (Å²) in [6.45, 7) is 6.41. The van der Waals surface area contributed by atoms with Gasteiger partial charge < -0.3 is 9.73 Å². The minimum atomic E-state index is 0.111. The van der Waals surface area contributed by atoms with Crippen molar-refractivity contribution >= 4 is 16.9 Å². The van der Waals surface area contributed by atoms with Gasteiger partial charge in [0.2, 0.25) is 5.91 Å². The first-order valence-electron chi connectivity index (χ1n) is 8.31. The molecule has 1 aliphatic rings. The van der Waals surface area contributed by atoms with Crippen LogP contribution in [0.2, 0.25) is 0 Å². The molecule has 3 nitrogen and oxygen atoms in total. The van der Waals surface area contributed by atoms with Gasteiger partial charge in [0.05, 0.1) is 12.7 Å². The average Bonchev–Trinajstić information content (AvgIpc) is 2.84. The zero-order valence-corrected chi connectivity index (χ0v) is 13.7. The molecule has 118 valence electrons. The summed E-state index contributed by atoms with van der Waals surface area (Å²) in [5.41, 5.74) is 4.31. The molecule has 1 heterocycles. The normalized spacial score (nSPS) is 22.0. The summed E-state index contributed by atoms with van der Waals surface area (Å²) in [7, 11) is 0. The summed E-state index contributed by atoms with van der Waals surface area (Å²) < 4.78 is 5.62. The highest BCUT2D eigenvalue weighted by Crippen LogP contribution is 2.26. The highest BCUT2D eigenvalue weighted by atomic mass is 16.3. The SMILES string of the molecule is Cc1cc2occ(CC(=O)N[C@H]3CCCC[C@@H]3C)c2cc1C. The first-order chi connectivity index (χ1) is 10.5. The number of aryl methyl sites for hydroxylation is 2. The molecule has 3 heteroatoms. The lowest BCUT2D eigenvalue weighted by molar-refractivity contribution is -0.121. The van der Waals surface area contributed by atoms with Crippen LogP contribution in [0.1, 0.15) is 49.3 Å². The van der Waals surface area contributed by atoms with Gasteiger partial charge in [-0.05, 0) is 55.9 Å². The molecule has 1 saturated carbocycles. The molecule has 1 N–H and O–H groups in total. The minimum Gasteiger partial charge on any atom is -0.464 e. The van der Waals surface area contributed by atoms with Crippen LogP contribution in [0.25, 0.3) is 11.0 Å². The fraction of sp³-hybridized carbons (Fsp3) is 0.526. The molecule has 0 aliphatic heterocycles. The maximum absolute atomic E-state index is 12.4. The van der Waals surface area contributed by atoms with Crippen LogP contribution in [-0.2, 0) is 11.2 Å². The van der Waals surface area contributed by atoms with E-state index < -0.39 is 0 Å². The van der Waals surface area contributed by atoms with Gasteiger partial charge in [-0.1, -0.05) is 19.8 Å². The van der Waals surface area contributed by atoms with Crippen molar-refractivity contribution in [2.24, 2.45) is 5.92 Å². The summed E-state index contributed by atoms with van der Waals surface area (Å²) in [5.74, 6) is 0.698. The maximum Gasteiger partial charge on any atom is 0.224 e. The summed E-state index contributed by atoms with van der Waals surface area (Å²) in [4.78, 5) is 12.4. The van der Waals surface area contributed by atoms with Crippen molar-refractivity contribution in [3.05, 3.63) is 35.1 Å². The van der Waals surface area contributed by atoms with Gasteiger partial charge in [0, 0.05) is 17.0 Å². The quantitative estimate of drug-likeness (QED) is 0.918. The molecule has 3 rings (SSSR count). The van der Waals surface area contributed by atoms with Crippen LogP contribution >= 0.6 is 0 Å². The Kier molecular flexibility index (Phi) is 4.23. The Bertz CT molecular complexity index is 686. The maximum atomic E-state index is 12.4. The van der Waals surface area contributed by atoms with Gasteiger partial charge in [0.15, 0.2) is 0 Å². The van der Waals surface area contributed by atoms with E-state index in [9.17, 15) is 4.79 Å². The average molecular weight is 299 g/mol. The second kappa shape index (κ2) is 6.15. The standard InChI is InChI=1S/C19H25NO2/c1-12-6-4-5-7-17(12)20-19(21)10-15-11-22-18-9-14(3)13(2)8-16(15)18/h8-9,11-12,17H,4-7,10H2,1-3H3,(H,20,21)/t12-,17-/m0/s1. The van der Waals surface area contributed by atoms with Gasteiger partial charge in [-0.3, -0.25) is 4.79 Å². The Morgan fingerprint density at radius 1 is 1.23 bits per heavy atom. The number of fused-ring (bicyclic) bond motifs is 1. The van der Waals surface area contributed by atoms with Gasteiger partial charge in [0.1, 0.15) is 5.58 Å². The molecule has 1 fully saturated rings. The van der Waals surface area contributed by atoms with Crippen molar-refractivity contribution in [1.29, 1.82) is 0 Å². The highest BCUT2D eigenvalue weighted by molar-refractivity contribution is 5.88. The first-order valence-corrected chi connectivity index (χ1v) is 8.31. The van der Waals surface area contributed by atoms with Crippen LogP contribution in [0.4, 0.5) is 0 Å². The van der Waals surface area contributed by atoms with E-state index in [-0.39, 0.29) is 5.91 Å². The van der Waals surface area contributed by atoms with Crippen molar-refractivity contribution in [2.75, 3.05) is 0 Å². The number of nitrogens with one attached hydrogen (secondary N) is 1. The second-order valence-electron chi connectivity index (χ2n) is 6.81. The van der Waals surface area contributed by atoms with Gasteiger partial charge in [-0.15, -0.1) is 0 Å². The van der Waals surface area contributed by atoms with Crippen molar-refractivity contribution in [2.45, 2.75) is 58.9 Å². The molecule has 1 aliphatic carbocycles. The molecular formula is C19H25NO2. The lowest BCUT2D eigenvalue weighted by Gasteiger charge is -2.29. The van der Waals surface area contributed by atoms with Crippen molar-refractivity contribution in [3.63, 3.8) is 0 Å². The van der Waals surface area contributed by atoms with E-state index in [0.29, 0.717) is 18.4 Å². The third kappa shape index (κ3) is 3.03. The van der Waals surface area contributed by atoms with E-state index in [1.165, 1.54) is 30.4 Å². The van der Waals surface area contributed by atoms with Crippen LogP contribution in [0.15, 0.2) is 22.8 Å². The molecule has 0 saturated heterocycles. The van der Waals surface area contributed by atoms with Gasteiger partial charge in [-0.25, -0.2) is 0 Å². The molecule has 2 aromatic rings. The fourth-order valence-corrected chi connectivity index (χ4v) is 3.43. The number of furan rings is 1. The number of amides is 1. The van der Waals surface area contributed by atoms with E-state index in [1.807, 2.05) is 0 Å². The van der Waals surface area contributed by atoms with Crippen LogP contribution in [0.5, 0.6) is 0 Å². The number of carbonyl (C=O) groups is 1. The number of rotatable bonds is 3. The second-order valence-corrected chi connectivity index (χ2v) is 6.81. The van der Waals surface area contributed by atoms with Crippen molar-refractivity contribution in [1.82, 2.24) is 5.32 Å². The molecule has 0 bridgehead atoms. The number of benzene rings is 1. The van der Waals surface area contributed by atoms with Crippen molar-refractivity contribution in [3.8, 4) is 0 Å². The minimum absolute atomic E-state index is 0.111. The topological polar surface area (TPSA) is 42.2 Å². The predicted molar refractivity (Wildman–Crippen MR) is 89.0 cm³/mol. The summed E-state index contributed by atoms with van der Waals surface area (Å²) >= 11 is 0. The number of carbonyl (C=O) groups excluding carboxylic acids is 1. The smallest absolute Gasteiger partial charge is 0.224 e. The number of hydrogen-bond acceptors (Lipinski definition) is 2. The van der Waals surface area contributed by atoms with Crippen LogP contribution in [0.3, 0.4) is 0 Å². The Morgan fingerprint density at radius 3 is 2.73 bits per heavy atom. The predicted octanol–water partition coefficient (Wildman–Crippen LogP) is 4.29. The Labute approximate surface area is 132 Å². The molecule has 1 amide bonds. The van der Waals surface area contributed by atoms with Gasteiger partial charge >= 0.3 is 0 Å².